The number of carbonyl (C=O) groups is 2. The SMILES string of the molecule is CC(C)(C)C(=O)NS(=O)(=O)c1ccccc1NC(=O)C(OCc1ccccc1)C(C)(C)COCc1ccccc1. The Morgan fingerprint density at radius 1 is 0.775 bits per heavy atom. The molecule has 214 valence electrons. The van der Waals surface area contributed by atoms with Gasteiger partial charge >= 0.3 is 0 Å². The number of sulfonamides is 1. The van der Waals surface area contributed by atoms with Crippen molar-refractivity contribution in [3.63, 3.8) is 0 Å². The molecule has 0 aromatic heterocycles. The molecule has 0 fully saturated rings. The molecule has 40 heavy (non-hydrogen) atoms. The van der Waals surface area contributed by atoms with E-state index < -0.39 is 38.8 Å². The number of carbonyl (C=O) groups excluding carboxylic acids is 2. The number of hydrogen-bond donors (Lipinski definition) is 2. The van der Waals surface area contributed by atoms with E-state index in [9.17, 15) is 18.0 Å². The highest BCUT2D eigenvalue weighted by molar-refractivity contribution is 7.90. The van der Waals surface area contributed by atoms with Gasteiger partial charge in [-0.05, 0) is 23.3 Å². The van der Waals surface area contributed by atoms with Crippen LogP contribution >= 0.6 is 0 Å². The molecule has 9 heteroatoms. The second kappa shape index (κ2) is 13.2. The number of benzene rings is 3. The first-order valence-corrected chi connectivity index (χ1v) is 14.5. The summed E-state index contributed by atoms with van der Waals surface area (Å²) in [7, 11) is -4.26. The predicted octanol–water partition coefficient (Wildman–Crippen LogP) is 5.30. The Balaban J connectivity index is 1.83. The summed E-state index contributed by atoms with van der Waals surface area (Å²) in [5, 5.41) is 2.73. The number of rotatable bonds is 12. The fourth-order valence-electron chi connectivity index (χ4n) is 3.82. The third-order valence-corrected chi connectivity index (χ3v) is 7.52. The van der Waals surface area contributed by atoms with Crippen molar-refractivity contribution in [3.05, 3.63) is 96.1 Å². The van der Waals surface area contributed by atoms with Crippen LogP contribution in [0.4, 0.5) is 5.69 Å². The maximum atomic E-state index is 13.7. The van der Waals surface area contributed by atoms with E-state index in [0.717, 1.165) is 11.1 Å². The normalized spacial score (nSPS) is 12.9. The van der Waals surface area contributed by atoms with Gasteiger partial charge in [0.25, 0.3) is 15.9 Å². The zero-order valence-electron chi connectivity index (χ0n) is 23.6. The Morgan fingerprint density at radius 2 is 1.30 bits per heavy atom. The topological polar surface area (TPSA) is 111 Å². The number of ether oxygens (including phenoxy) is 2. The molecule has 0 heterocycles. The predicted molar refractivity (Wildman–Crippen MR) is 155 cm³/mol. The van der Waals surface area contributed by atoms with E-state index in [1.54, 1.807) is 26.8 Å². The Bertz CT molecular complexity index is 1380. The third kappa shape index (κ3) is 8.74. The van der Waals surface area contributed by atoms with Crippen LogP contribution in [0.15, 0.2) is 89.8 Å². The zero-order valence-corrected chi connectivity index (χ0v) is 24.5. The second-order valence-electron chi connectivity index (χ2n) is 11.3. The number of para-hydroxylation sites is 1. The van der Waals surface area contributed by atoms with E-state index in [1.165, 1.54) is 18.2 Å². The summed E-state index contributed by atoms with van der Waals surface area (Å²) in [6, 6.07) is 25.1. The molecule has 1 atom stereocenters. The van der Waals surface area contributed by atoms with Crippen molar-refractivity contribution < 1.29 is 27.5 Å². The summed E-state index contributed by atoms with van der Waals surface area (Å²) in [4.78, 5) is 25.9. The Kier molecular flexibility index (Phi) is 10.2. The number of anilines is 1. The van der Waals surface area contributed by atoms with Crippen LogP contribution in [0, 0.1) is 10.8 Å². The molecular weight excluding hydrogens is 528 g/mol. The number of hydrogen-bond acceptors (Lipinski definition) is 6. The molecule has 0 saturated carbocycles. The van der Waals surface area contributed by atoms with Crippen molar-refractivity contribution in [3.8, 4) is 0 Å². The van der Waals surface area contributed by atoms with E-state index in [1.807, 2.05) is 74.5 Å². The fourth-order valence-corrected chi connectivity index (χ4v) is 5.15. The molecule has 8 nitrogen and oxygen atoms in total. The third-order valence-electron chi connectivity index (χ3n) is 6.14. The monoisotopic (exact) mass is 566 g/mol. The van der Waals surface area contributed by atoms with Crippen LogP contribution in [0.1, 0.15) is 45.7 Å². The maximum absolute atomic E-state index is 13.7. The molecule has 0 spiro atoms. The van der Waals surface area contributed by atoms with Gasteiger partial charge in [0.1, 0.15) is 11.0 Å². The Labute approximate surface area is 237 Å². The van der Waals surface area contributed by atoms with Crippen LogP contribution in [-0.2, 0) is 42.3 Å². The van der Waals surface area contributed by atoms with Crippen molar-refractivity contribution in [1.29, 1.82) is 0 Å². The lowest BCUT2D eigenvalue weighted by Crippen LogP contribution is -2.45. The molecule has 0 saturated heterocycles. The van der Waals surface area contributed by atoms with Gasteiger partial charge in [-0.1, -0.05) is 107 Å². The summed E-state index contributed by atoms with van der Waals surface area (Å²) in [6.45, 7) is 9.30. The lowest BCUT2D eigenvalue weighted by Gasteiger charge is -2.33. The molecule has 0 bridgehead atoms. The Morgan fingerprint density at radius 3 is 1.88 bits per heavy atom. The standard InChI is InChI=1S/C31H38N2O6S/c1-30(2,3)29(35)33-40(36,37)26-19-13-12-18-25(26)32-28(34)27(39-21-24-16-10-7-11-17-24)31(4,5)22-38-20-23-14-8-6-9-15-23/h6-19,27H,20-22H2,1-5H3,(H,32,34)(H,33,35). The van der Waals surface area contributed by atoms with Crippen LogP contribution in [0.2, 0.25) is 0 Å². The smallest absolute Gasteiger partial charge is 0.266 e. The molecule has 0 aliphatic heterocycles. The van der Waals surface area contributed by atoms with Gasteiger partial charge in [-0.15, -0.1) is 0 Å². The van der Waals surface area contributed by atoms with E-state index in [0.29, 0.717) is 6.61 Å². The van der Waals surface area contributed by atoms with Crippen molar-refractivity contribution in [2.45, 2.75) is 58.8 Å². The van der Waals surface area contributed by atoms with Crippen LogP contribution in [0.5, 0.6) is 0 Å². The first-order valence-electron chi connectivity index (χ1n) is 13.0. The zero-order chi connectivity index (χ0) is 29.4. The van der Waals surface area contributed by atoms with E-state index in [2.05, 4.69) is 10.0 Å². The van der Waals surface area contributed by atoms with Gasteiger partial charge in [0.2, 0.25) is 5.91 Å². The lowest BCUT2D eigenvalue weighted by atomic mass is 9.86. The van der Waals surface area contributed by atoms with Crippen LogP contribution in [0.25, 0.3) is 0 Å². The maximum Gasteiger partial charge on any atom is 0.266 e. The highest BCUT2D eigenvalue weighted by Crippen LogP contribution is 2.29. The summed E-state index contributed by atoms with van der Waals surface area (Å²) < 4.78 is 40.4. The van der Waals surface area contributed by atoms with Gasteiger partial charge in [-0.2, -0.15) is 0 Å². The molecule has 0 aliphatic rings. The highest BCUT2D eigenvalue weighted by atomic mass is 32.2. The van der Waals surface area contributed by atoms with Crippen molar-refractivity contribution in [2.24, 2.45) is 10.8 Å². The van der Waals surface area contributed by atoms with Crippen molar-refractivity contribution in [1.82, 2.24) is 4.72 Å². The number of amides is 2. The minimum Gasteiger partial charge on any atom is -0.376 e. The Hall–Kier alpha value is -3.53. The summed E-state index contributed by atoms with van der Waals surface area (Å²) in [5.41, 5.74) is 0.207. The van der Waals surface area contributed by atoms with Crippen LogP contribution in [-0.4, -0.2) is 32.9 Å². The number of nitrogens with one attached hydrogen (secondary N) is 2. The summed E-state index contributed by atoms with van der Waals surface area (Å²) in [5.74, 6) is -1.19. The average molecular weight is 567 g/mol. The van der Waals surface area contributed by atoms with E-state index >= 15 is 0 Å². The quantitative estimate of drug-likeness (QED) is 0.308. The van der Waals surface area contributed by atoms with Crippen molar-refractivity contribution >= 4 is 27.5 Å². The molecule has 0 radical (unpaired) electrons. The highest BCUT2D eigenvalue weighted by Gasteiger charge is 2.38. The van der Waals surface area contributed by atoms with Gasteiger partial charge in [0, 0.05) is 10.8 Å². The molecule has 2 amide bonds. The first-order chi connectivity index (χ1) is 18.8. The van der Waals surface area contributed by atoms with Crippen LogP contribution < -0.4 is 10.0 Å². The van der Waals surface area contributed by atoms with Gasteiger partial charge in [0.05, 0.1) is 25.5 Å². The molecule has 3 aromatic carbocycles. The van der Waals surface area contributed by atoms with Crippen LogP contribution in [0.3, 0.4) is 0 Å². The molecule has 3 aromatic rings. The molecule has 2 N–H and O–H groups in total. The van der Waals surface area contributed by atoms with Gasteiger partial charge in [-0.25, -0.2) is 13.1 Å². The van der Waals surface area contributed by atoms with E-state index in [4.69, 9.17) is 9.47 Å². The minimum atomic E-state index is -4.26. The second-order valence-corrected chi connectivity index (χ2v) is 13.0. The van der Waals surface area contributed by atoms with E-state index in [-0.39, 0.29) is 23.8 Å². The van der Waals surface area contributed by atoms with Gasteiger partial charge in [0.15, 0.2) is 0 Å². The molecule has 0 aliphatic carbocycles. The molecule has 1 unspecified atom stereocenters. The molecule has 3 rings (SSSR count). The molecular formula is C31H38N2O6S. The lowest BCUT2D eigenvalue weighted by molar-refractivity contribution is -0.141. The summed E-state index contributed by atoms with van der Waals surface area (Å²) in [6.07, 6.45) is -0.997. The van der Waals surface area contributed by atoms with Gasteiger partial charge in [-0.3, -0.25) is 9.59 Å². The van der Waals surface area contributed by atoms with Gasteiger partial charge < -0.3 is 14.8 Å². The first kappa shape index (κ1) is 31.0. The minimum absolute atomic E-state index is 0.0380. The summed E-state index contributed by atoms with van der Waals surface area (Å²) >= 11 is 0. The van der Waals surface area contributed by atoms with Crippen molar-refractivity contribution in [2.75, 3.05) is 11.9 Å². The largest absolute Gasteiger partial charge is 0.376 e. The average Bonchev–Trinajstić information content (AvgIpc) is 2.89. The fraction of sp³-hybridized carbons (Fsp3) is 0.355.